The van der Waals surface area contributed by atoms with Gasteiger partial charge in [-0.2, -0.15) is 0 Å². The van der Waals surface area contributed by atoms with Gasteiger partial charge in [0.25, 0.3) is 5.91 Å². The molecule has 0 fully saturated rings. The lowest BCUT2D eigenvalue weighted by Crippen LogP contribution is -2.34. The lowest BCUT2D eigenvalue weighted by Gasteiger charge is -2.23. The normalized spacial score (nSPS) is 12.4. The number of benzene rings is 2. The molecule has 0 saturated carbocycles. The molecule has 28 heavy (non-hydrogen) atoms. The van der Waals surface area contributed by atoms with Crippen molar-refractivity contribution in [3.63, 3.8) is 0 Å². The highest BCUT2D eigenvalue weighted by molar-refractivity contribution is 7.98. The zero-order valence-corrected chi connectivity index (χ0v) is 16.8. The van der Waals surface area contributed by atoms with Crippen molar-refractivity contribution in [3.8, 4) is 11.5 Å². The number of ether oxygens (including phenoxy) is 3. The van der Waals surface area contributed by atoms with E-state index in [4.69, 9.17) is 14.2 Å². The molecule has 0 aromatic heterocycles. The predicted octanol–water partition coefficient (Wildman–Crippen LogP) is 3.39. The van der Waals surface area contributed by atoms with Gasteiger partial charge in [-0.05, 0) is 55.1 Å². The molecule has 1 amide bonds. The highest BCUT2D eigenvalue weighted by atomic mass is 32.2. The molecule has 0 aliphatic carbocycles. The third-order valence-corrected chi connectivity index (χ3v) is 5.11. The van der Waals surface area contributed by atoms with Crippen molar-refractivity contribution >= 4 is 23.6 Å². The maximum Gasteiger partial charge on any atom is 0.338 e. The number of nitrogens with zero attached hydrogens (tertiary/aromatic N) is 1. The van der Waals surface area contributed by atoms with Crippen LogP contribution in [-0.2, 0) is 16.1 Å². The minimum atomic E-state index is -0.503. The largest absolute Gasteiger partial charge is 0.486 e. The van der Waals surface area contributed by atoms with Crippen LogP contribution in [0.2, 0.25) is 0 Å². The zero-order valence-electron chi connectivity index (χ0n) is 16.0. The third-order valence-electron chi connectivity index (χ3n) is 4.37. The Balaban J connectivity index is 1.56. The van der Waals surface area contributed by atoms with Crippen molar-refractivity contribution in [1.29, 1.82) is 0 Å². The third kappa shape index (κ3) is 4.98. The second-order valence-electron chi connectivity index (χ2n) is 6.19. The summed E-state index contributed by atoms with van der Waals surface area (Å²) < 4.78 is 16.3. The van der Waals surface area contributed by atoms with Gasteiger partial charge in [-0.15, -0.1) is 11.8 Å². The summed E-state index contributed by atoms with van der Waals surface area (Å²) in [4.78, 5) is 27.3. The summed E-state index contributed by atoms with van der Waals surface area (Å²) in [5.41, 5.74) is 1.36. The Morgan fingerprint density at radius 1 is 1.07 bits per heavy atom. The summed E-state index contributed by atoms with van der Waals surface area (Å²) >= 11 is 1.59. The van der Waals surface area contributed by atoms with Gasteiger partial charge in [0.1, 0.15) is 13.2 Å². The van der Waals surface area contributed by atoms with E-state index >= 15 is 0 Å². The SMILES string of the molecule is CCN(Cc1ccc2c(c1)OCCO2)C(=O)COC(=O)c1ccc(SC)cc1. The number of likely N-dealkylation sites (N-methyl/N-ethyl adjacent to an activating group) is 1. The molecule has 6 nitrogen and oxygen atoms in total. The average molecular weight is 401 g/mol. The fourth-order valence-corrected chi connectivity index (χ4v) is 3.22. The smallest absolute Gasteiger partial charge is 0.338 e. The van der Waals surface area contributed by atoms with E-state index in [9.17, 15) is 9.59 Å². The number of rotatable bonds is 7. The molecular weight excluding hydrogens is 378 g/mol. The standard InChI is InChI=1S/C21H23NO5S/c1-3-22(13-15-4-9-18-19(12-15)26-11-10-25-18)20(23)14-27-21(24)16-5-7-17(28-2)8-6-16/h4-9,12H,3,10-11,13-14H2,1-2H3. The fraction of sp³-hybridized carbons (Fsp3) is 0.333. The lowest BCUT2D eigenvalue weighted by atomic mass is 10.1. The average Bonchev–Trinajstić information content (AvgIpc) is 2.75. The van der Waals surface area contributed by atoms with Crippen LogP contribution in [0.3, 0.4) is 0 Å². The van der Waals surface area contributed by atoms with Gasteiger partial charge in [-0.25, -0.2) is 4.79 Å². The monoisotopic (exact) mass is 401 g/mol. The number of hydrogen-bond donors (Lipinski definition) is 0. The van der Waals surface area contributed by atoms with Gasteiger partial charge in [0.05, 0.1) is 5.56 Å². The van der Waals surface area contributed by atoms with Gasteiger partial charge in [0, 0.05) is 18.0 Å². The maximum atomic E-state index is 12.5. The van der Waals surface area contributed by atoms with Gasteiger partial charge < -0.3 is 19.1 Å². The van der Waals surface area contributed by atoms with Crippen molar-refractivity contribution in [2.24, 2.45) is 0 Å². The number of carbonyl (C=O) groups excluding carboxylic acids is 2. The van der Waals surface area contributed by atoms with Crippen LogP contribution in [0.15, 0.2) is 47.4 Å². The van der Waals surface area contributed by atoms with Crippen molar-refractivity contribution in [3.05, 3.63) is 53.6 Å². The highest BCUT2D eigenvalue weighted by Crippen LogP contribution is 2.31. The molecule has 2 aromatic carbocycles. The topological polar surface area (TPSA) is 65.1 Å². The van der Waals surface area contributed by atoms with Crippen LogP contribution in [-0.4, -0.2) is 49.4 Å². The predicted molar refractivity (Wildman–Crippen MR) is 107 cm³/mol. The Morgan fingerprint density at radius 2 is 1.79 bits per heavy atom. The van der Waals surface area contributed by atoms with Gasteiger partial charge in [0.15, 0.2) is 18.1 Å². The number of esters is 1. The number of thioether (sulfide) groups is 1. The molecule has 0 atom stereocenters. The minimum absolute atomic E-state index is 0.244. The molecule has 1 aliphatic heterocycles. The summed E-state index contributed by atoms with van der Waals surface area (Å²) in [7, 11) is 0. The molecule has 0 spiro atoms. The number of fused-ring (bicyclic) bond motifs is 1. The van der Waals surface area contributed by atoms with E-state index in [1.807, 2.05) is 43.5 Å². The van der Waals surface area contributed by atoms with E-state index in [2.05, 4.69) is 0 Å². The second-order valence-corrected chi connectivity index (χ2v) is 7.07. The number of carbonyl (C=O) groups is 2. The molecule has 0 radical (unpaired) electrons. The molecule has 0 N–H and O–H groups in total. The maximum absolute atomic E-state index is 12.5. The van der Waals surface area contributed by atoms with Crippen LogP contribution in [0.5, 0.6) is 11.5 Å². The van der Waals surface area contributed by atoms with Gasteiger partial charge >= 0.3 is 5.97 Å². The van der Waals surface area contributed by atoms with Crippen LogP contribution in [0, 0.1) is 0 Å². The van der Waals surface area contributed by atoms with Crippen molar-refractivity contribution in [2.75, 3.05) is 32.6 Å². The molecular formula is C21H23NO5S. The van der Waals surface area contributed by atoms with E-state index in [1.165, 1.54) is 0 Å². The Labute approximate surface area is 168 Å². The summed E-state index contributed by atoms with van der Waals surface area (Å²) in [6.07, 6.45) is 1.97. The van der Waals surface area contributed by atoms with Crippen LogP contribution in [0.4, 0.5) is 0 Å². The molecule has 3 rings (SSSR count). The Bertz CT molecular complexity index is 837. The van der Waals surface area contributed by atoms with E-state index in [0.29, 0.717) is 43.4 Å². The fourth-order valence-electron chi connectivity index (χ4n) is 2.81. The molecule has 1 heterocycles. The first-order valence-electron chi connectivity index (χ1n) is 9.08. The Hall–Kier alpha value is -2.67. The van der Waals surface area contributed by atoms with Crippen molar-refractivity contribution in [1.82, 2.24) is 4.90 Å². The second kappa shape index (κ2) is 9.50. The van der Waals surface area contributed by atoms with Gasteiger partial charge in [0.2, 0.25) is 0 Å². The minimum Gasteiger partial charge on any atom is -0.486 e. The molecule has 2 aromatic rings. The lowest BCUT2D eigenvalue weighted by molar-refractivity contribution is -0.134. The van der Waals surface area contributed by atoms with E-state index < -0.39 is 5.97 Å². The first-order chi connectivity index (χ1) is 13.6. The highest BCUT2D eigenvalue weighted by Gasteiger charge is 2.18. The van der Waals surface area contributed by atoms with E-state index in [1.54, 1.807) is 28.8 Å². The molecule has 7 heteroatoms. The molecule has 1 aliphatic rings. The summed E-state index contributed by atoms with van der Waals surface area (Å²) in [5, 5.41) is 0. The van der Waals surface area contributed by atoms with Crippen LogP contribution in [0.25, 0.3) is 0 Å². The summed E-state index contributed by atoms with van der Waals surface area (Å²) in [5.74, 6) is 0.654. The molecule has 0 bridgehead atoms. The zero-order chi connectivity index (χ0) is 19.9. The van der Waals surface area contributed by atoms with Gasteiger partial charge in [-0.3, -0.25) is 4.79 Å². The van der Waals surface area contributed by atoms with Crippen LogP contribution in [0.1, 0.15) is 22.8 Å². The van der Waals surface area contributed by atoms with Gasteiger partial charge in [-0.1, -0.05) is 6.07 Å². The van der Waals surface area contributed by atoms with Crippen LogP contribution >= 0.6 is 11.8 Å². The van der Waals surface area contributed by atoms with Crippen LogP contribution < -0.4 is 9.47 Å². The number of hydrogen-bond acceptors (Lipinski definition) is 6. The molecule has 148 valence electrons. The molecule has 0 saturated heterocycles. The Morgan fingerprint density at radius 3 is 2.46 bits per heavy atom. The van der Waals surface area contributed by atoms with Crippen molar-refractivity contribution in [2.45, 2.75) is 18.4 Å². The van der Waals surface area contributed by atoms with E-state index in [0.717, 1.165) is 10.5 Å². The summed E-state index contributed by atoms with van der Waals surface area (Å²) in [6, 6.07) is 12.7. The molecule has 0 unspecified atom stereocenters. The van der Waals surface area contributed by atoms with Crippen molar-refractivity contribution < 1.29 is 23.8 Å². The first kappa shape index (κ1) is 20.1. The first-order valence-corrected chi connectivity index (χ1v) is 10.3. The number of amides is 1. The quantitative estimate of drug-likeness (QED) is 0.523. The summed E-state index contributed by atoms with van der Waals surface area (Å²) in [6.45, 7) is 3.57. The Kier molecular flexibility index (Phi) is 6.81. The van der Waals surface area contributed by atoms with E-state index in [-0.39, 0.29) is 12.5 Å².